The van der Waals surface area contributed by atoms with Crippen LogP contribution in [-0.4, -0.2) is 17.0 Å². The van der Waals surface area contributed by atoms with Crippen LogP contribution in [0.15, 0.2) is 34.2 Å². The van der Waals surface area contributed by atoms with Gasteiger partial charge in [0, 0.05) is 18.4 Å². The largest absolute Gasteiger partial charge is 0.481 e. The zero-order chi connectivity index (χ0) is 18.2. The Morgan fingerprint density at radius 1 is 1.40 bits per heavy atom. The van der Waals surface area contributed by atoms with Gasteiger partial charge >= 0.3 is 11.9 Å². The predicted molar refractivity (Wildman–Crippen MR) is 91.7 cm³/mol. The molecule has 1 aliphatic heterocycles. The first-order valence-corrected chi connectivity index (χ1v) is 8.97. The van der Waals surface area contributed by atoms with Crippen LogP contribution in [0.5, 0.6) is 0 Å². The Labute approximate surface area is 148 Å². The molecule has 136 valence electrons. The van der Waals surface area contributed by atoms with Crippen LogP contribution < -0.4 is 0 Å². The van der Waals surface area contributed by atoms with Crippen molar-refractivity contribution in [3.8, 4) is 0 Å². The molecule has 1 saturated carbocycles. The predicted octanol–water partition coefficient (Wildman–Crippen LogP) is 4.50. The van der Waals surface area contributed by atoms with E-state index < -0.39 is 11.4 Å². The minimum absolute atomic E-state index is 0.0678. The second kappa shape index (κ2) is 6.70. The molecule has 1 spiro atoms. The van der Waals surface area contributed by atoms with Gasteiger partial charge in [-0.25, -0.2) is 0 Å². The smallest absolute Gasteiger partial charge is 0.313 e. The molecule has 4 atom stereocenters. The first kappa shape index (κ1) is 17.8. The summed E-state index contributed by atoms with van der Waals surface area (Å²) in [4.78, 5) is 24.3. The number of carboxylic acids is 1. The van der Waals surface area contributed by atoms with Crippen molar-refractivity contribution in [2.45, 2.75) is 59.0 Å². The molecule has 1 aliphatic carbocycles. The van der Waals surface area contributed by atoms with Gasteiger partial charge in [-0.15, -0.1) is 0 Å². The highest BCUT2D eigenvalue weighted by Crippen LogP contribution is 2.59. The van der Waals surface area contributed by atoms with E-state index in [1.807, 2.05) is 6.07 Å². The average Bonchev–Trinajstić information content (AvgIpc) is 3.17. The van der Waals surface area contributed by atoms with Gasteiger partial charge in [0.2, 0.25) is 0 Å². The molecule has 1 saturated heterocycles. The maximum Gasteiger partial charge on any atom is 0.313 e. The van der Waals surface area contributed by atoms with Gasteiger partial charge in [0.1, 0.15) is 6.10 Å². The zero-order valence-electron chi connectivity index (χ0n) is 15.1. The second-order valence-electron chi connectivity index (χ2n) is 7.65. The molecule has 5 nitrogen and oxygen atoms in total. The fraction of sp³-hybridized carbons (Fsp3) is 0.600. The summed E-state index contributed by atoms with van der Waals surface area (Å²) >= 11 is 0. The van der Waals surface area contributed by atoms with E-state index in [9.17, 15) is 14.7 Å². The summed E-state index contributed by atoms with van der Waals surface area (Å²) in [5, 5.41) is 9.19. The van der Waals surface area contributed by atoms with Crippen LogP contribution in [0.25, 0.3) is 0 Å². The Bertz CT molecular complexity index is 683. The molecular weight excluding hydrogens is 320 g/mol. The van der Waals surface area contributed by atoms with Crippen molar-refractivity contribution in [3.63, 3.8) is 0 Å². The number of hydrogen-bond acceptors (Lipinski definition) is 4. The summed E-state index contributed by atoms with van der Waals surface area (Å²) in [7, 11) is 0. The Hall–Kier alpha value is -2.04. The normalized spacial score (nSPS) is 32.0. The number of carbonyl (C=O) groups is 2. The topological polar surface area (TPSA) is 76.7 Å². The zero-order valence-corrected chi connectivity index (χ0v) is 15.1. The molecule has 2 fully saturated rings. The average molecular weight is 346 g/mol. The van der Waals surface area contributed by atoms with Crippen LogP contribution >= 0.6 is 0 Å². The van der Waals surface area contributed by atoms with Crippen LogP contribution in [0.3, 0.4) is 0 Å². The summed E-state index contributed by atoms with van der Waals surface area (Å²) in [5.41, 5.74) is 2.67. The SMILES string of the molecule is CC(C)=C1CC[C@@H](C)[C@]2(C[C@@H](c3ccoc3)OC2=O)[C@H]1CCC(=O)O. The van der Waals surface area contributed by atoms with Gasteiger partial charge in [0.25, 0.3) is 0 Å². The van der Waals surface area contributed by atoms with Gasteiger partial charge in [0.05, 0.1) is 17.9 Å². The number of carbonyl (C=O) groups excluding carboxylic acids is 1. The molecule has 1 aromatic rings. The lowest BCUT2D eigenvalue weighted by molar-refractivity contribution is -0.155. The number of ether oxygens (including phenoxy) is 1. The summed E-state index contributed by atoms with van der Waals surface area (Å²) in [6.07, 6.45) is 5.90. The van der Waals surface area contributed by atoms with Crippen molar-refractivity contribution in [3.05, 3.63) is 35.3 Å². The van der Waals surface area contributed by atoms with E-state index in [0.717, 1.165) is 18.4 Å². The third kappa shape index (κ3) is 3.00. The maximum absolute atomic E-state index is 13.1. The van der Waals surface area contributed by atoms with E-state index in [1.165, 1.54) is 11.1 Å². The molecule has 2 aliphatic rings. The maximum atomic E-state index is 13.1. The van der Waals surface area contributed by atoms with Crippen LogP contribution in [0.4, 0.5) is 0 Å². The Kier molecular flexibility index (Phi) is 4.76. The lowest BCUT2D eigenvalue weighted by atomic mass is 9.55. The number of esters is 1. The molecule has 25 heavy (non-hydrogen) atoms. The van der Waals surface area contributed by atoms with E-state index in [2.05, 4.69) is 20.8 Å². The van der Waals surface area contributed by atoms with E-state index >= 15 is 0 Å². The molecule has 0 radical (unpaired) electrons. The van der Waals surface area contributed by atoms with Crippen molar-refractivity contribution in [1.82, 2.24) is 0 Å². The molecule has 0 unspecified atom stereocenters. The van der Waals surface area contributed by atoms with E-state index in [4.69, 9.17) is 9.15 Å². The number of aliphatic carboxylic acids is 1. The third-order valence-corrected chi connectivity index (χ3v) is 6.13. The third-order valence-electron chi connectivity index (χ3n) is 6.13. The van der Waals surface area contributed by atoms with Crippen molar-refractivity contribution in [2.24, 2.45) is 17.3 Å². The highest BCUT2D eigenvalue weighted by Gasteiger charge is 2.59. The molecular formula is C20H26O5. The lowest BCUT2D eigenvalue weighted by Crippen LogP contribution is -2.45. The van der Waals surface area contributed by atoms with Gasteiger partial charge in [-0.1, -0.05) is 18.1 Å². The molecule has 0 amide bonds. The van der Waals surface area contributed by atoms with Crippen molar-refractivity contribution >= 4 is 11.9 Å². The highest BCUT2D eigenvalue weighted by molar-refractivity contribution is 5.81. The quantitative estimate of drug-likeness (QED) is 0.641. The molecule has 1 N–H and O–H groups in total. The highest BCUT2D eigenvalue weighted by atomic mass is 16.6. The van der Waals surface area contributed by atoms with E-state index in [1.54, 1.807) is 12.5 Å². The summed E-state index contributed by atoms with van der Waals surface area (Å²) < 4.78 is 10.9. The van der Waals surface area contributed by atoms with Crippen LogP contribution in [0.2, 0.25) is 0 Å². The van der Waals surface area contributed by atoms with Gasteiger partial charge in [-0.3, -0.25) is 9.59 Å². The molecule has 2 heterocycles. The van der Waals surface area contributed by atoms with E-state index in [0.29, 0.717) is 12.8 Å². The fourth-order valence-corrected chi connectivity index (χ4v) is 4.76. The molecule has 3 rings (SSSR count). The Morgan fingerprint density at radius 2 is 2.16 bits per heavy atom. The van der Waals surface area contributed by atoms with Gasteiger partial charge < -0.3 is 14.3 Å². The lowest BCUT2D eigenvalue weighted by Gasteiger charge is -2.45. The number of carboxylic acid groups (broad SMARTS) is 1. The van der Waals surface area contributed by atoms with Crippen LogP contribution in [0.1, 0.15) is 64.5 Å². The van der Waals surface area contributed by atoms with E-state index in [-0.39, 0.29) is 30.3 Å². The minimum atomic E-state index is -0.820. The number of hydrogen-bond donors (Lipinski definition) is 1. The van der Waals surface area contributed by atoms with Crippen LogP contribution in [-0.2, 0) is 14.3 Å². The van der Waals surface area contributed by atoms with Crippen LogP contribution in [0, 0.1) is 17.3 Å². The number of cyclic esters (lactones) is 1. The summed E-state index contributed by atoms with van der Waals surface area (Å²) in [6.45, 7) is 6.22. The first-order valence-electron chi connectivity index (χ1n) is 8.97. The Morgan fingerprint density at radius 3 is 2.76 bits per heavy atom. The minimum Gasteiger partial charge on any atom is -0.481 e. The molecule has 5 heteroatoms. The fourth-order valence-electron chi connectivity index (χ4n) is 4.76. The standard InChI is InChI=1S/C20H26O5/c1-12(2)15-5-4-13(3)20(16(15)6-7-18(21)22)10-17(25-19(20)23)14-8-9-24-11-14/h8-9,11,13,16-17H,4-7,10H2,1-3H3,(H,21,22)/t13-,16+,17+,20-/m1/s1. The molecule has 0 aromatic carbocycles. The molecule has 1 aromatic heterocycles. The Balaban J connectivity index is 2.00. The van der Waals surface area contributed by atoms with Gasteiger partial charge in [-0.05, 0) is 51.0 Å². The van der Waals surface area contributed by atoms with Crippen molar-refractivity contribution in [2.75, 3.05) is 0 Å². The molecule has 0 bridgehead atoms. The number of furan rings is 1. The summed E-state index contributed by atoms with van der Waals surface area (Å²) in [5.74, 6) is -0.903. The number of rotatable bonds is 4. The summed E-state index contributed by atoms with van der Waals surface area (Å²) in [6, 6.07) is 1.83. The van der Waals surface area contributed by atoms with Gasteiger partial charge in [-0.2, -0.15) is 0 Å². The van der Waals surface area contributed by atoms with Crippen molar-refractivity contribution < 1.29 is 23.8 Å². The monoisotopic (exact) mass is 346 g/mol. The number of allylic oxidation sites excluding steroid dienone is 2. The van der Waals surface area contributed by atoms with Crippen molar-refractivity contribution in [1.29, 1.82) is 0 Å². The first-order chi connectivity index (χ1) is 11.9. The van der Waals surface area contributed by atoms with Gasteiger partial charge in [0.15, 0.2) is 0 Å². The second-order valence-corrected chi connectivity index (χ2v) is 7.65.